The van der Waals surface area contributed by atoms with Crippen LogP contribution in [0.25, 0.3) is 10.2 Å². The SMILES string of the molecule is CC1CCC(C(N)=O)CN1C(=O)COCc1nc2ccccc2s1. The van der Waals surface area contributed by atoms with Crippen LogP contribution in [0.1, 0.15) is 24.8 Å². The van der Waals surface area contributed by atoms with Gasteiger partial charge in [0.05, 0.1) is 22.7 Å². The number of fused-ring (bicyclic) bond motifs is 1. The van der Waals surface area contributed by atoms with E-state index < -0.39 is 0 Å². The van der Waals surface area contributed by atoms with Gasteiger partial charge in [0.1, 0.15) is 11.6 Å². The minimum atomic E-state index is -0.338. The molecule has 0 spiro atoms. The van der Waals surface area contributed by atoms with Gasteiger partial charge in [0, 0.05) is 12.6 Å². The number of likely N-dealkylation sites (tertiary alicyclic amines) is 1. The highest BCUT2D eigenvalue weighted by Crippen LogP contribution is 2.23. The van der Waals surface area contributed by atoms with Crippen molar-refractivity contribution in [3.05, 3.63) is 29.3 Å². The van der Waals surface area contributed by atoms with E-state index in [2.05, 4.69) is 4.98 Å². The van der Waals surface area contributed by atoms with E-state index in [9.17, 15) is 9.59 Å². The van der Waals surface area contributed by atoms with E-state index in [1.54, 1.807) is 16.2 Å². The van der Waals surface area contributed by atoms with Crippen LogP contribution in [-0.4, -0.2) is 40.9 Å². The smallest absolute Gasteiger partial charge is 0.248 e. The molecule has 1 aromatic heterocycles. The molecular formula is C17H21N3O3S. The summed E-state index contributed by atoms with van der Waals surface area (Å²) in [5.74, 6) is -0.695. The molecule has 7 heteroatoms. The van der Waals surface area contributed by atoms with Crippen molar-refractivity contribution in [1.82, 2.24) is 9.88 Å². The minimum Gasteiger partial charge on any atom is -0.369 e. The summed E-state index contributed by atoms with van der Waals surface area (Å²) in [4.78, 5) is 29.9. The second-order valence-electron chi connectivity index (χ2n) is 6.14. The van der Waals surface area contributed by atoms with Crippen LogP contribution in [0.4, 0.5) is 0 Å². The van der Waals surface area contributed by atoms with E-state index in [4.69, 9.17) is 10.5 Å². The van der Waals surface area contributed by atoms with Gasteiger partial charge in [-0.2, -0.15) is 0 Å². The summed E-state index contributed by atoms with van der Waals surface area (Å²) < 4.78 is 6.66. The van der Waals surface area contributed by atoms with E-state index in [0.29, 0.717) is 13.2 Å². The molecule has 2 aromatic rings. The zero-order valence-corrected chi connectivity index (χ0v) is 14.4. The lowest BCUT2D eigenvalue weighted by Gasteiger charge is -2.36. The third-order valence-corrected chi connectivity index (χ3v) is 5.40. The molecule has 2 unspecified atom stereocenters. The Morgan fingerprint density at radius 3 is 2.92 bits per heavy atom. The first-order valence-corrected chi connectivity index (χ1v) is 8.87. The van der Waals surface area contributed by atoms with Crippen LogP contribution in [0.15, 0.2) is 24.3 Å². The van der Waals surface area contributed by atoms with Crippen molar-refractivity contribution in [2.24, 2.45) is 11.7 Å². The molecule has 1 aliphatic heterocycles. The number of nitrogens with zero attached hydrogens (tertiary/aromatic N) is 2. The summed E-state index contributed by atoms with van der Waals surface area (Å²) in [6.07, 6.45) is 1.53. The zero-order chi connectivity index (χ0) is 17.1. The van der Waals surface area contributed by atoms with Gasteiger partial charge in [-0.05, 0) is 31.9 Å². The Labute approximate surface area is 144 Å². The first kappa shape index (κ1) is 16.9. The number of primary amides is 1. The third kappa shape index (κ3) is 3.73. The number of thiazole rings is 1. The Hall–Kier alpha value is -1.99. The first-order valence-electron chi connectivity index (χ1n) is 8.05. The number of carbonyl (C=O) groups excluding carboxylic acids is 2. The van der Waals surface area contributed by atoms with E-state index in [0.717, 1.165) is 28.1 Å². The van der Waals surface area contributed by atoms with E-state index in [1.165, 1.54) is 0 Å². The minimum absolute atomic E-state index is 0.00819. The number of rotatable bonds is 5. The molecule has 1 fully saturated rings. The summed E-state index contributed by atoms with van der Waals surface area (Å²) in [7, 11) is 0. The molecule has 1 saturated heterocycles. The maximum absolute atomic E-state index is 12.4. The van der Waals surface area contributed by atoms with Crippen LogP contribution in [0.3, 0.4) is 0 Å². The molecule has 3 rings (SSSR count). The second-order valence-corrected chi connectivity index (χ2v) is 7.26. The van der Waals surface area contributed by atoms with E-state index in [1.807, 2.05) is 31.2 Å². The number of hydrogen-bond acceptors (Lipinski definition) is 5. The molecular weight excluding hydrogens is 326 g/mol. The van der Waals surface area contributed by atoms with Crippen molar-refractivity contribution in [3.8, 4) is 0 Å². The molecule has 128 valence electrons. The average Bonchev–Trinajstić information content (AvgIpc) is 2.97. The fourth-order valence-corrected chi connectivity index (χ4v) is 3.88. The van der Waals surface area contributed by atoms with Gasteiger partial charge in [0.15, 0.2) is 0 Å². The Morgan fingerprint density at radius 1 is 1.38 bits per heavy atom. The summed E-state index contributed by atoms with van der Waals surface area (Å²) in [6.45, 7) is 2.68. The lowest BCUT2D eigenvalue weighted by Crippen LogP contribution is -2.49. The average molecular weight is 347 g/mol. The predicted molar refractivity (Wildman–Crippen MR) is 92.4 cm³/mol. The number of piperidine rings is 1. The van der Waals surface area contributed by atoms with Crippen molar-refractivity contribution < 1.29 is 14.3 Å². The summed E-state index contributed by atoms with van der Waals surface area (Å²) in [6, 6.07) is 8.00. The molecule has 6 nitrogen and oxygen atoms in total. The van der Waals surface area contributed by atoms with Crippen molar-refractivity contribution in [1.29, 1.82) is 0 Å². The Kier molecular flexibility index (Phi) is 5.11. The first-order chi connectivity index (χ1) is 11.5. The highest BCUT2D eigenvalue weighted by atomic mass is 32.1. The maximum atomic E-state index is 12.4. The van der Waals surface area contributed by atoms with Gasteiger partial charge in [0.2, 0.25) is 11.8 Å². The number of para-hydroxylation sites is 1. The van der Waals surface area contributed by atoms with Crippen LogP contribution < -0.4 is 5.73 Å². The lowest BCUT2D eigenvalue weighted by atomic mass is 9.93. The number of aromatic nitrogens is 1. The largest absolute Gasteiger partial charge is 0.369 e. The predicted octanol–water partition coefficient (Wildman–Crippen LogP) is 1.93. The molecule has 2 atom stereocenters. The number of carbonyl (C=O) groups is 2. The van der Waals surface area contributed by atoms with E-state index in [-0.39, 0.29) is 30.4 Å². The molecule has 0 bridgehead atoms. The van der Waals surface area contributed by atoms with Crippen LogP contribution in [0.2, 0.25) is 0 Å². The quantitative estimate of drug-likeness (QED) is 0.895. The highest BCUT2D eigenvalue weighted by molar-refractivity contribution is 7.18. The second kappa shape index (κ2) is 7.27. The summed E-state index contributed by atoms with van der Waals surface area (Å²) >= 11 is 1.57. The summed E-state index contributed by atoms with van der Waals surface area (Å²) in [5, 5.41) is 0.853. The molecule has 0 radical (unpaired) electrons. The standard InChI is InChI=1S/C17H21N3O3S/c1-11-6-7-12(17(18)22)8-20(11)16(21)10-23-9-15-19-13-4-2-3-5-14(13)24-15/h2-5,11-12H,6-10H2,1H3,(H2,18,22). The molecule has 24 heavy (non-hydrogen) atoms. The highest BCUT2D eigenvalue weighted by Gasteiger charge is 2.31. The third-order valence-electron chi connectivity index (χ3n) is 4.39. The van der Waals surface area contributed by atoms with Gasteiger partial charge in [-0.25, -0.2) is 4.98 Å². The van der Waals surface area contributed by atoms with Gasteiger partial charge in [-0.3, -0.25) is 9.59 Å². The monoisotopic (exact) mass is 347 g/mol. The molecule has 2 N–H and O–H groups in total. The van der Waals surface area contributed by atoms with Crippen molar-refractivity contribution in [3.63, 3.8) is 0 Å². The van der Waals surface area contributed by atoms with E-state index >= 15 is 0 Å². The number of nitrogens with two attached hydrogens (primary N) is 1. The molecule has 2 amide bonds. The molecule has 1 aliphatic rings. The van der Waals surface area contributed by atoms with Gasteiger partial charge in [-0.15, -0.1) is 11.3 Å². The van der Waals surface area contributed by atoms with Gasteiger partial charge >= 0.3 is 0 Å². The fourth-order valence-electron chi connectivity index (χ4n) is 2.98. The fraction of sp³-hybridized carbons (Fsp3) is 0.471. The number of ether oxygens (including phenoxy) is 1. The van der Waals surface area contributed by atoms with Crippen LogP contribution in [0, 0.1) is 5.92 Å². The van der Waals surface area contributed by atoms with Crippen LogP contribution >= 0.6 is 11.3 Å². The normalized spacial score (nSPS) is 21.1. The van der Waals surface area contributed by atoms with Crippen LogP contribution in [-0.2, 0) is 20.9 Å². The number of hydrogen-bond donors (Lipinski definition) is 1. The van der Waals surface area contributed by atoms with Crippen molar-refractivity contribution in [2.75, 3.05) is 13.2 Å². The maximum Gasteiger partial charge on any atom is 0.248 e. The Bertz CT molecular complexity index is 713. The van der Waals surface area contributed by atoms with Gasteiger partial charge in [0.25, 0.3) is 0 Å². The Morgan fingerprint density at radius 2 is 2.17 bits per heavy atom. The summed E-state index contributed by atoms with van der Waals surface area (Å²) in [5.41, 5.74) is 6.32. The molecule has 1 aromatic carbocycles. The van der Waals surface area contributed by atoms with Gasteiger partial charge < -0.3 is 15.4 Å². The molecule has 0 aliphatic carbocycles. The number of amides is 2. The molecule has 2 heterocycles. The lowest BCUT2D eigenvalue weighted by molar-refractivity contribution is -0.142. The number of benzene rings is 1. The topological polar surface area (TPSA) is 85.5 Å². The van der Waals surface area contributed by atoms with Gasteiger partial charge in [-0.1, -0.05) is 12.1 Å². The zero-order valence-electron chi connectivity index (χ0n) is 13.6. The Balaban J connectivity index is 1.53. The molecule has 0 saturated carbocycles. The van der Waals surface area contributed by atoms with Crippen molar-refractivity contribution in [2.45, 2.75) is 32.4 Å². The van der Waals surface area contributed by atoms with Crippen LogP contribution in [0.5, 0.6) is 0 Å². The van der Waals surface area contributed by atoms with Crippen molar-refractivity contribution >= 4 is 33.4 Å².